The lowest BCUT2D eigenvalue weighted by Crippen LogP contribution is -2.47. The van der Waals surface area contributed by atoms with Crippen molar-refractivity contribution in [3.8, 4) is 0 Å². The van der Waals surface area contributed by atoms with Gasteiger partial charge in [-0.05, 0) is 50.9 Å². The molecule has 0 atom stereocenters. The summed E-state index contributed by atoms with van der Waals surface area (Å²) in [5.41, 5.74) is 0.434. The number of hydrogen-bond acceptors (Lipinski definition) is 4. The minimum absolute atomic E-state index is 0.434. The summed E-state index contributed by atoms with van der Waals surface area (Å²) in [6.07, 6.45) is 6.23. The van der Waals surface area contributed by atoms with E-state index in [1.807, 2.05) is 25.5 Å². The first-order chi connectivity index (χ1) is 13.0. The Bertz CT molecular complexity index is 591. The zero-order valence-corrected chi connectivity index (χ0v) is 17.8. The molecule has 27 heavy (non-hydrogen) atoms. The third-order valence-electron chi connectivity index (χ3n) is 5.41. The van der Waals surface area contributed by atoms with Crippen molar-refractivity contribution in [2.75, 3.05) is 26.3 Å². The summed E-state index contributed by atoms with van der Waals surface area (Å²) in [6.45, 7) is 12.5. The smallest absolute Gasteiger partial charge is 0.191 e. The standard InChI is InChI=1S/C20H38N6O/c1-6-27-12-8-11-21-19(22-14-18-25-24-17(4)26(18)5)23-15-20(9-7-10-20)13-16(2)3/h16H,6-15H2,1-5H3,(H2,21,22,23). The third-order valence-corrected chi connectivity index (χ3v) is 5.41. The van der Waals surface area contributed by atoms with Crippen molar-refractivity contribution in [2.24, 2.45) is 23.4 Å². The summed E-state index contributed by atoms with van der Waals surface area (Å²) >= 11 is 0. The van der Waals surface area contributed by atoms with E-state index in [1.165, 1.54) is 25.7 Å². The van der Waals surface area contributed by atoms with Gasteiger partial charge in [0.15, 0.2) is 11.8 Å². The molecule has 1 aromatic rings. The first-order valence-corrected chi connectivity index (χ1v) is 10.4. The van der Waals surface area contributed by atoms with E-state index in [9.17, 15) is 0 Å². The van der Waals surface area contributed by atoms with Crippen LogP contribution < -0.4 is 10.6 Å². The van der Waals surface area contributed by atoms with E-state index in [0.29, 0.717) is 12.0 Å². The van der Waals surface area contributed by atoms with Gasteiger partial charge in [0.05, 0.1) is 0 Å². The van der Waals surface area contributed by atoms with Gasteiger partial charge in [0.25, 0.3) is 0 Å². The Balaban J connectivity index is 1.93. The van der Waals surface area contributed by atoms with Crippen molar-refractivity contribution in [1.29, 1.82) is 0 Å². The summed E-state index contributed by atoms with van der Waals surface area (Å²) in [5.74, 6) is 3.38. The fourth-order valence-corrected chi connectivity index (χ4v) is 3.71. The minimum Gasteiger partial charge on any atom is -0.382 e. The normalized spacial score (nSPS) is 16.4. The van der Waals surface area contributed by atoms with E-state index < -0.39 is 0 Å². The Labute approximate surface area is 164 Å². The van der Waals surface area contributed by atoms with E-state index in [4.69, 9.17) is 9.73 Å². The van der Waals surface area contributed by atoms with Crippen LogP contribution in [-0.4, -0.2) is 47.0 Å². The van der Waals surface area contributed by atoms with Crippen LogP contribution in [0.2, 0.25) is 0 Å². The molecule has 0 aromatic carbocycles. The second-order valence-corrected chi connectivity index (χ2v) is 8.17. The van der Waals surface area contributed by atoms with Gasteiger partial charge in [-0.1, -0.05) is 20.3 Å². The van der Waals surface area contributed by atoms with Gasteiger partial charge >= 0.3 is 0 Å². The molecule has 0 bridgehead atoms. The minimum atomic E-state index is 0.434. The first-order valence-electron chi connectivity index (χ1n) is 10.4. The number of hydrogen-bond donors (Lipinski definition) is 2. The van der Waals surface area contributed by atoms with E-state index in [0.717, 1.165) is 56.3 Å². The molecule has 7 heteroatoms. The molecule has 2 N–H and O–H groups in total. The summed E-state index contributed by atoms with van der Waals surface area (Å²) in [4.78, 5) is 4.76. The number of nitrogens with zero attached hydrogens (tertiary/aromatic N) is 4. The number of nitrogens with one attached hydrogen (secondary N) is 2. The number of ether oxygens (including phenoxy) is 1. The largest absolute Gasteiger partial charge is 0.382 e. The molecule has 0 aliphatic heterocycles. The highest BCUT2D eigenvalue weighted by Gasteiger charge is 2.37. The molecule has 2 rings (SSSR count). The molecule has 7 nitrogen and oxygen atoms in total. The van der Waals surface area contributed by atoms with Gasteiger partial charge < -0.3 is 19.9 Å². The van der Waals surface area contributed by atoms with Crippen LogP contribution in [0.3, 0.4) is 0 Å². The summed E-state index contributed by atoms with van der Waals surface area (Å²) in [7, 11) is 1.98. The van der Waals surface area contributed by atoms with Crippen molar-refractivity contribution in [2.45, 2.75) is 66.3 Å². The van der Waals surface area contributed by atoms with Crippen LogP contribution in [0, 0.1) is 18.3 Å². The number of aryl methyl sites for hydroxylation is 1. The van der Waals surface area contributed by atoms with Crippen molar-refractivity contribution in [3.05, 3.63) is 11.6 Å². The average Bonchev–Trinajstić information content (AvgIpc) is 2.92. The molecular weight excluding hydrogens is 340 g/mol. The molecule has 154 valence electrons. The lowest BCUT2D eigenvalue weighted by molar-refractivity contribution is 0.104. The van der Waals surface area contributed by atoms with Crippen molar-refractivity contribution in [1.82, 2.24) is 25.4 Å². The van der Waals surface area contributed by atoms with E-state index >= 15 is 0 Å². The molecule has 0 amide bonds. The van der Waals surface area contributed by atoms with E-state index in [1.54, 1.807) is 0 Å². The molecular formula is C20H38N6O. The van der Waals surface area contributed by atoms with Gasteiger partial charge in [0.1, 0.15) is 12.4 Å². The lowest BCUT2D eigenvalue weighted by Gasteiger charge is -2.43. The molecule has 1 fully saturated rings. The van der Waals surface area contributed by atoms with E-state index in [2.05, 4.69) is 34.7 Å². The Kier molecular flexibility index (Phi) is 8.54. The molecule has 1 saturated carbocycles. The highest BCUT2D eigenvalue weighted by atomic mass is 16.5. The Hall–Kier alpha value is -1.63. The summed E-state index contributed by atoms with van der Waals surface area (Å²) in [5, 5.41) is 15.4. The maximum Gasteiger partial charge on any atom is 0.191 e. The van der Waals surface area contributed by atoms with Crippen LogP contribution in [0.25, 0.3) is 0 Å². The Morgan fingerprint density at radius 3 is 2.63 bits per heavy atom. The monoisotopic (exact) mass is 378 g/mol. The Morgan fingerprint density at radius 2 is 2.07 bits per heavy atom. The van der Waals surface area contributed by atoms with Crippen LogP contribution in [0.4, 0.5) is 0 Å². The predicted octanol–water partition coefficient (Wildman–Crippen LogP) is 2.80. The highest BCUT2D eigenvalue weighted by Crippen LogP contribution is 2.45. The zero-order valence-electron chi connectivity index (χ0n) is 17.8. The molecule has 1 aliphatic carbocycles. The van der Waals surface area contributed by atoms with Crippen molar-refractivity contribution in [3.63, 3.8) is 0 Å². The summed E-state index contributed by atoms with van der Waals surface area (Å²) < 4.78 is 7.41. The number of aromatic nitrogens is 3. The fraction of sp³-hybridized carbons (Fsp3) is 0.850. The fourth-order valence-electron chi connectivity index (χ4n) is 3.71. The van der Waals surface area contributed by atoms with Gasteiger partial charge in [-0.2, -0.15) is 0 Å². The maximum absolute atomic E-state index is 5.43. The van der Waals surface area contributed by atoms with Crippen molar-refractivity contribution >= 4 is 5.96 Å². The molecule has 1 aromatic heterocycles. The van der Waals surface area contributed by atoms with E-state index in [-0.39, 0.29) is 0 Å². The van der Waals surface area contributed by atoms with Gasteiger partial charge in [-0.3, -0.25) is 0 Å². The SMILES string of the molecule is CCOCCCNC(=NCc1nnc(C)n1C)NCC1(CC(C)C)CCC1. The predicted molar refractivity (Wildman–Crippen MR) is 110 cm³/mol. The van der Waals surface area contributed by atoms with Gasteiger partial charge in [0.2, 0.25) is 0 Å². The van der Waals surface area contributed by atoms with Gasteiger partial charge in [-0.15, -0.1) is 10.2 Å². The molecule has 0 unspecified atom stereocenters. The first kappa shape index (κ1) is 21.7. The summed E-state index contributed by atoms with van der Waals surface area (Å²) in [6, 6.07) is 0. The Morgan fingerprint density at radius 1 is 1.30 bits per heavy atom. The van der Waals surface area contributed by atoms with Crippen molar-refractivity contribution < 1.29 is 4.74 Å². The highest BCUT2D eigenvalue weighted by molar-refractivity contribution is 5.79. The quantitative estimate of drug-likeness (QED) is 0.352. The van der Waals surface area contributed by atoms with Gasteiger partial charge in [-0.25, -0.2) is 4.99 Å². The lowest BCUT2D eigenvalue weighted by atomic mass is 9.64. The number of rotatable bonds is 11. The molecule has 1 aliphatic rings. The second-order valence-electron chi connectivity index (χ2n) is 8.17. The second kappa shape index (κ2) is 10.6. The molecule has 0 radical (unpaired) electrons. The van der Waals surface area contributed by atoms with Crippen LogP contribution in [0.15, 0.2) is 4.99 Å². The zero-order chi connectivity index (χ0) is 19.7. The van der Waals surface area contributed by atoms with Crippen LogP contribution in [0.1, 0.15) is 64.5 Å². The maximum atomic E-state index is 5.43. The molecule has 1 heterocycles. The third kappa shape index (κ3) is 6.79. The topological polar surface area (TPSA) is 76.4 Å². The van der Waals surface area contributed by atoms with Crippen LogP contribution >= 0.6 is 0 Å². The molecule has 0 saturated heterocycles. The van der Waals surface area contributed by atoms with Crippen LogP contribution in [0.5, 0.6) is 0 Å². The number of aliphatic imine (C=N–C) groups is 1. The molecule has 0 spiro atoms. The number of guanidine groups is 1. The average molecular weight is 379 g/mol. The van der Waals surface area contributed by atoms with Crippen LogP contribution in [-0.2, 0) is 18.3 Å². The van der Waals surface area contributed by atoms with Gasteiger partial charge in [0, 0.05) is 33.4 Å².